The summed E-state index contributed by atoms with van der Waals surface area (Å²) < 4.78 is 0. The first kappa shape index (κ1) is 7.97. The van der Waals surface area contributed by atoms with Crippen LogP contribution in [0.1, 0.15) is 39.4 Å². The number of hydrogen-bond acceptors (Lipinski definition) is 3. The lowest BCUT2D eigenvalue weighted by Gasteiger charge is -2.07. The minimum atomic E-state index is -1.05. The van der Waals surface area contributed by atoms with E-state index >= 15 is 0 Å². The summed E-state index contributed by atoms with van der Waals surface area (Å²) in [6.07, 6.45) is 1.81. The highest BCUT2D eigenvalue weighted by Crippen LogP contribution is 2.21. The summed E-state index contributed by atoms with van der Waals surface area (Å²) in [5.74, 6) is -1.12. The van der Waals surface area contributed by atoms with Gasteiger partial charge < -0.3 is 5.11 Å². The Kier molecular flexibility index (Phi) is 1.65. The van der Waals surface area contributed by atoms with Crippen LogP contribution in [0.3, 0.4) is 0 Å². The van der Waals surface area contributed by atoms with Crippen LogP contribution in [0.15, 0.2) is 0 Å². The highest BCUT2D eigenvalue weighted by Gasteiger charge is 2.25. The molecule has 5 nitrogen and oxygen atoms in total. The van der Waals surface area contributed by atoms with Gasteiger partial charge in [-0.05, 0) is 12.8 Å². The highest BCUT2D eigenvalue weighted by atomic mass is 16.4. The first-order chi connectivity index (χ1) is 6.20. The number of nitrogens with one attached hydrogen (secondary N) is 1. The zero-order chi connectivity index (χ0) is 9.42. The van der Waals surface area contributed by atoms with Gasteiger partial charge in [-0.2, -0.15) is 5.10 Å². The molecule has 13 heavy (non-hydrogen) atoms. The lowest BCUT2D eigenvalue weighted by atomic mass is 9.95. The van der Waals surface area contributed by atoms with Gasteiger partial charge in [-0.3, -0.25) is 9.89 Å². The molecule has 0 fully saturated rings. The zero-order valence-electron chi connectivity index (χ0n) is 6.83. The number of carboxylic acids is 1. The Labute approximate surface area is 73.8 Å². The van der Waals surface area contributed by atoms with Crippen LogP contribution in [0.2, 0.25) is 0 Å². The van der Waals surface area contributed by atoms with E-state index in [1.54, 1.807) is 0 Å². The van der Waals surface area contributed by atoms with E-state index in [1.165, 1.54) is 0 Å². The van der Waals surface area contributed by atoms with Crippen molar-refractivity contribution < 1.29 is 14.7 Å². The predicted molar refractivity (Wildman–Crippen MR) is 42.8 cm³/mol. The molecule has 1 aromatic rings. The number of Topliss-reactive ketones (excluding diaryl/α,β-unsaturated/α-hetero) is 1. The van der Waals surface area contributed by atoms with Crippen LogP contribution in [-0.2, 0) is 6.42 Å². The first-order valence-corrected chi connectivity index (χ1v) is 4.04. The molecule has 2 rings (SSSR count). The summed E-state index contributed by atoms with van der Waals surface area (Å²) in [5, 5.41) is 14.8. The molecular weight excluding hydrogens is 172 g/mol. The third-order valence-corrected chi connectivity index (χ3v) is 2.18. The average Bonchev–Trinajstić information content (AvgIpc) is 2.48. The molecule has 0 unspecified atom stereocenters. The standard InChI is InChI=1S/C8H8N2O3/c11-5-3-1-2-4-6(5)9-10-7(4)8(12)13/h1-3H2,(H,9,10)(H,12,13). The fourth-order valence-corrected chi connectivity index (χ4v) is 1.56. The van der Waals surface area contributed by atoms with E-state index < -0.39 is 5.97 Å². The Morgan fingerprint density at radius 1 is 1.46 bits per heavy atom. The van der Waals surface area contributed by atoms with Crippen LogP contribution >= 0.6 is 0 Å². The van der Waals surface area contributed by atoms with Crippen molar-refractivity contribution in [1.82, 2.24) is 10.2 Å². The molecular formula is C8H8N2O3. The van der Waals surface area contributed by atoms with Gasteiger partial charge in [0.15, 0.2) is 5.78 Å². The van der Waals surface area contributed by atoms with Crippen LogP contribution < -0.4 is 0 Å². The Balaban J connectivity index is 2.53. The van der Waals surface area contributed by atoms with Gasteiger partial charge >= 0.3 is 5.97 Å². The largest absolute Gasteiger partial charge is 0.477 e. The van der Waals surface area contributed by atoms with Crippen LogP contribution in [-0.4, -0.2) is 27.1 Å². The normalized spacial score (nSPS) is 15.5. The molecule has 0 atom stereocenters. The van der Waals surface area contributed by atoms with Crippen LogP contribution in [0, 0.1) is 0 Å². The average molecular weight is 180 g/mol. The number of H-pyrrole nitrogens is 1. The monoisotopic (exact) mass is 180 g/mol. The van der Waals surface area contributed by atoms with Gasteiger partial charge in [0.25, 0.3) is 0 Å². The number of fused-ring (bicyclic) bond motifs is 1. The van der Waals surface area contributed by atoms with Crippen molar-refractivity contribution in [2.75, 3.05) is 0 Å². The van der Waals surface area contributed by atoms with Crippen molar-refractivity contribution in [2.45, 2.75) is 19.3 Å². The lowest BCUT2D eigenvalue weighted by Crippen LogP contribution is -2.12. The number of aromatic amines is 1. The van der Waals surface area contributed by atoms with E-state index in [0.717, 1.165) is 0 Å². The van der Waals surface area contributed by atoms with Crippen molar-refractivity contribution in [3.8, 4) is 0 Å². The summed E-state index contributed by atoms with van der Waals surface area (Å²) >= 11 is 0. The summed E-state index contributed by atoms with van der Waals surface area (Å²) in [5.41, 5.74) is 0.926. The molecule has 0 radical (unpaired) electrons. The first-order valence-electron chi connectivity index (χ1n) is 4.04. The number of carbonyl (C=O) groups excluding carboxylic acids is 1. The molecule has 0 saturated heterocycles. The summed E-state index contributed by atoms with van der Waals surface area (Å²) in [7, 11) is 0. The Bertz CT molecular complexity index is 367. The van der Waals surface area contributed by atoms with Crippen molar-refractivity contribution >= 4 is 11.8 Å². The van der Waals surface area contributed by atoms with Gasteiger partial charge in [-0.25, -0.2) is 4.79 Å². The molecule has 1 aliphatic carbocycles. The highest BCUT2D eigenvalue weighted by molar-refractivity contribution is 6.00. The number of aromatic nitrogens is 2. The molecule has 1 aliphatic rings. The van der Waals surface area contributed by atoms with Crippen LogP contribution in [0.4, 0.5) is 0 Å². The fraction of sp³-hybridized carbons (Fsp3) is 0.375. The molecule has 1 aromatic heterocycles. The van der Waals surface area contributed by atoms with Crippen LogP contribution in [0.5, 0.6) is 0 Å². The number of hydrogen-bond donors (Lipinski definition) is 2. The quantitative estimate of drug-likeness (QED) is 0.663. The Morgan fingerprint density at radius 2 is 2.23 bits per heavy atom. The smallest absolute Gasteiger partial charge is 0.354 e. The second-order valence-electron chi connectivity index (χ2n) is 3.01. The molecule has 0 spiro atoms. The third-order valence-electron chi connectivity index (χ3n) is 2.18. The molecule has 0 saturated carbocycles. The van der Waals surface area contributed by atoms with Gasteiger partial charge in [0, 0.05) is 12.0 Å². The summed E-state index contributed by atoms with van der Waals surface area (Å²) in [6, 6.07) is 0. The van der Waals surface area contributed by atoms with E-state index in [2.05, 4.69) is 10.2 Å². The lowest BCUT2D eigenvalue weighted by molar-refractivity contribution is 0.0689. The van der Waals surface area contributed by atoms with Gasteiger partial charge in [0.05, 0.1) is 0 Å². The van der Waals surface area contributed by atoms with E-state index in [9.17, 15) is 9.59 Å². The number of ketones is 1. The van der Waals surface area contributed by atoms with Gasteiger partial charge in [-0.1, -0.05) is 0 Å². The van der Waals surface area contributed by atoms with Gasteiger partial charge in [0.1, 0.15) is 11.4 Å². The third kappa shape index (κ3) is 1.12. The number of carbonyl (C=O) groups is 2. The number of nitrogens with zero attached hydrogens (tertiary/aromatic N) is 1. The molecule has 1 heterocycles. The minimum Gasteiger partial charge on any atom is -0.477 e. The van der Waals surface area contributed by atoms with Gasteiger partial charge in [0.2, 0.25) is 0 Å². The maximum Gasteiger partial charge on any atom is 0.354 e. The maximum absolute atomic E-state index is 11.2. The second kappa shape index (κ2) is 2.69. The Morgan fingerprint density at radius 3 is 2.92 bits per heavy atom. The molecule has 0 bridgehead atoms. The van der Waals surface area contributed by atoms with Crippen molar-refractivity contribution in [2.24, 2.45) is 0 Å². The number of aromatic carboxylic acids is 1. The van der Waals surface area contributed by atoms with Gasteiger partial charge in [-0.15, -0.1) is 0 Å². The summed E-state index contributed by atoms with van der Waals surface area (Å²) in [6.45, 7) is 0. The number of rotatable bonds is 1. The number of carboxylic acid groups (broad SMARTS) is 1. The van der Waals surface area contributed by atoms with E-state index in [0.29, 0.717) is 30.5 Å². The minimum absolute atomic E-state index is 0.0584. The second-order valence-corrected chi connectivity index (χ2v) is 3.01. The van der Waals surface area contributed by atoms with Crippen molar-refractivity contribution in [3.05, 3.63) is 17.0 Å². The maximum atomic E-state index is 11.2. The van der Waals surface area contributed by atoms with Crippen molar-refractivity contribution in [1.29, 1.82) is 0 Å². The molecule has 5 heteroatoms. The molecule has 0 aliphatic heterocycles. The Hall–Kier alpha value is -1.65. The predicted octanol–water partition coefficient (Wildman–Crippen LogP) is 0.627. The van der Waals surface area contributed by atoms with Crippen molar-refractivity contribution in [3.63, 3.8) is 0 Å². The SMILES string of the molecule is O=C1CCCc2c1n[nH]c2C(=O)O. The van der Waals surface area contributed by atoms with Crippen LogP contribution in [0.25, 0.3) is 0 Å². The zero-order valence-corrected chi connectivity index (χ0v) is 6.83. The molecule has 0 amide bonds. The molecule has 68 valence electrons. The topological polar surface area (TPSA) is 83.0 Å². The molecule has 0 aromatic carbocycles. The molecule has 2 N–H and O–H groups in total. The van der Waals surface area contributed by atoms with E-state index in [4.69, 9.17) is 5.11 Å². The van der Waals surface area contributed by atoms with E-state index in [1.807, 2.05) is 0 Å². The fourth-order valence-electron chi connectivity index (χ4n) is 1.56. The summed E-state index contributed by atoms with van der Waals surface area (Å²) in [4.78, 5) is 21.9. The van der Waals surface area contributed by atoms with E-state index in [-0.39, 0.29) is 11.5 Å².